The maximum Gasteiger partial charge on any atom is 0.459 e. The molecule has 0 amide bonds. The zero-order chi connectivity index (χ0) is 26.6. The largest absolute Gasteiger partial charge is 0.462 e. The van der Waals surface area contributed by atoms with Crippen molar-refractivity contribution in [3.8, 4) is 5.75 Å². The van der Waals surface area contributed by atoms with Gasteiger partial charge in [-0.2, -0.15) is 5.09 Å². The molecule has 1 saturated heterocycles. The number of nitrogens with zero attached hydrogens (tertiary/aromatic N) is 1. The zero-order valence-corrected chi connectivity index (χ0v) is 21.1. The fourth-order valence-corrected chi connectivity index (χ4v) is 4.86. The Balaban J connectivity index is 1.75. The molecule has 0 radical (unpaired) electrons. The third kappa shape index (κ3) is 7.11. The summed E-state index contributed by atoms with van der Waals surface area (Å²) in [5, 5.41) is 12.9. The summed E-state index contributed by atoms with van der Waals surface area (Å²) < 4.78 is 49.7. The van der Waals surface area contributed by atoms with Crippen LogP contribution in [0.3, 0.4) is 0 Å². The van der Waals surface area contributed by atoms with E-state index in [-0.39, 0.29) is 17.7 Å². The van der Waals surface area contributed by atoms with Crippen molar-refractivity contribution >= 4 is 13.7 Å². The first-order valence-electron chi connectivity index (χ1n) is 11.2. The molecule has 1 aliphatic rings. The number of aromatic nitrogens is 2. The van der Waals surface area contributed by atoms with Gasteiger partial charge in [-0.25, -0.2) is 13.8 Å². The Labute approximate surface area is 205 Å². The van der Waals surface area contributed by atoms with E-state index >= 15 is 0 Å². The van der Waals surface area contributed by atoms with Crippen LogP contribution in [-0.2, 0) is 23.4 Å². The number of H-pyrrole nitrogens is 1. The molecule has 5 atom stereocenters. The van der Waals surface area contributed by atoms with E-state index < -0.39 is 68.0 Å². The van der Waals surface area contributed by atoms with Crippen molar-refractivity contribution in [1.82, 2.24) is 14.6 Å². The van der Waals surface area contributed by atoms with Crippen LogP contribution in [0.1, 0.15) is 39.0 Å². The summed E-state index contributed by atoms with van der Waals surface area (Å²) in [6.07, 6.45) is -2.17. The summed E-state index contributed by atoms with van der Waals surface area (Å²) >= 11 is 0. The predicted octanol–water partition coefficient (Wildman–Crippen LogP) is 1.77. The lowest BCUT2D eigenvalue weighted by Gasteiger charge is -2.25. The van der Waals surface area contributed by atoms with Gasteiger partial charge in [-0.1, -0.05) is 0 Å². The quantitative estimate of drug-likeness (QED) is 0.306. The highest BCUT2D eigenvalue weighted by Gasteiger charge is 2.39. The molecule has 1 aromatic carbocycles. The average molecular weight is 529 g/mol. The lowest BCUT2D eigenvalue weighted by Crippen LogP contribution is -2.37. The Morgan fingerprint density at radius 3 is 2.61 bits per heavy atom. The Morgan fingerprint density at radius 1 is 1.31 bits per heavy atom. The number of aryl methyl sites for hydroxylation is 1. The van der Waals surface area contributed by atoms with Crippen molar-refractivity contribution in [1.29, 1.82) is 0 Å². The number of hydrogen-bond donors (Lipinski definition) is 3. The number of aliphatic hydroxyl groups is 1. The number of carbonyl (C=O) groups excluding carboxylic acids is 1. The number of rotatable bonds is 10. The highest BCUT2D eigenvalue weighted by Crippen LogP contribution is 2.46. The lowest BCUT2D eigenvalue weighted by molar-refractivity contribution is -0.149. The molecule has 12 nitrogen and oxygen atoms in total. The van der Waals surface area contributed by atoms with E-state index in [1.165, 1.54) is 32.2 Å². The number of ether oxygens (including phenoxy) is 2. The number of hydrogen-bond acceptors (Lipinski definition) is 9. The minimum atomic E-state index is -4.28. The third-order valence-electron chi connectivity index (χ3n) is 5.17. The normalized spacial score (nSPS) is 22.2. The highest BCUT2D eigenvalue weighted by atomic mass is 31.2. The number of aliphatic hydroxyl groups excluding tert-OH is 1. The molecule has 2 heterocycles. The van der Waals surface area contributed by atoms with Crippen LogP contribution in [0.15, 0.2) is 40.1 Å². The molecule has 14 heteroatoms. The third-order valence-corrected chi connectivity index (χ3v) is 6.81. The van der Waals surface area contributed by atoms with E-state index in [1.54, 1.807) is 13.8 Å². The summed E-state index contributed by atoms with van der Waals surface area (Å²) in [6.45, 7) is 5.77. The van der Waals surface area contributed by atoms with Gasteiger partial charge in [0.2, 0.25) is 0 Å². The Morgan fingerprint density at radius 2 is 1.97 bits per heavy atom. The number of carbonyl (C=O) groups is 1. The molecule has 1 fully saturated rings. The molecular weight excluding hydrogens is 500 g/mol. The van der Waals surface area contributed by atoms with E-state index in [1.807, 2.05) is 0 Å². The molecule has 2 aromatic rings. The van der Waals surface area contributed by atoms with Crippen molar-refractivity contribution in [2.45, 2.75) is 64.7 Å². The number of benzene rings is 1. The van der Waals surface area contributed by atoms with Crippen LogP contribution in [-0.4, -0.2) is 51.6 Å². The maximum absolute atomic E-state index is 13.5. The van der Waals surface area contributed by atoms with Crippen LogP contribution in [0.2, 0.25) is 0 Å². The van der Waals surface area contributed by atoms with Crippen LogP contribution in [0.25, 0.3) is 0 Å². The molecule has 0 spiro atoms. The minimum absolute atomic E-state index is 0.00214. The van der Waals surface area contributed by atoms with Crippen molar-refractivity contribution < 1.29 is 37.4 Å². The summed E-state index contributed by atoms with van der Waals surface area (Å²) in [7, 11) is -4.28. The molecule has 0 saturated carbocycles. The van der Waals surface area contributed by atoms with E-state index in [4.69, 9.17) is 18.5 Å². The van der Waals surface area contributed by atoms with Gasteiger partial charge in [0, 0.05) is 18.2 Å². The van der Waals surface area contributed by atoms with Gasteiger partial charge < -0.3 is 19.1 Å². The van der Waals surface area contributed by atoms with Gasteiger partial charge in [0.05, 0.1) is 18.8 Å². The lowest BCUT2D eigenvalue weighted by atomic mass is 10.2. The molecule has 3 N–H and O–H groups in total. The second-order valence-electron chi connectivity index (χ2n) is 8.59. The molecule has 0 aliphatic carbocycles. The smallest absolute Gasteiger partial charge is 0.459 e. The molecule has 36 heavy (non-hydrogen) atoms. The van der Waals surface area contributed by atoms with Crippen LogP contribution in [0, 0.1) is 12.7 Å². The average Bonchev–Trinajstić information content (AvgIpc) is 3.16. The van der Waals surface area contributed by atoms with E-state index in [0.717, 1.165) is 16.7 Å². The number of aromatic amines is 1. The Bertz CT molecular complexity index is 1230. The molecule has 3 rings (SSSR count). The SMILES string of the molecule is Cc1cn([C@H]2C[C@@H](O)[C@@H](COP(=O)(N[C@@H](C)C(=O)OC(C)C)Oc3ccc(F)cc3)O2)c(=O)[nH]c1=O. The van der Waals surface area contributed by atoms with Crippen LogP contribution >= 0.6 is 7.75 Å². The first kappa shape index (κ1) is 27.8. The topological polar surface area (TPSA) is 158 Å². The van der Waals surface area contributed by atoms with Crippen LogP contribution < -0.4 is 20.9 Å². The van der Waals surface area contributed by atoms with Crippen LogP contribution in [0.5, 0.6) is 5.75 Å². The predicted molar refractivity (Wildman–Crippen MR) is 125 cm³/mol. The summed E-state index contributed by atoms with van der Waals surface area (Å²) in [5.74, 6) is -1.25. The van der Waals surface area contributed by atoms with Gasteiger partial charge in [0.15, 0.2) is 0 Å². The fraction of sp³-hybridized carbons (Fsp3) is 0.500. The summed E-state index contributed by atoms with van der Waals surface area (Å²) in [5.41, 5.74) is -0.977. The van der Waals surface area contributed by atoms with Gasteiger partial charge in [-0.3, -0.25) is 23.7 Å². The number of esters is 1. The van der Waals surface area contributed by atoms with Crippen molar-refractivity contribution in [3.63, 3.8) is 0 Å². The van der Waals surface area contributed by atoms with Gasteiger partial charge in [0.25, 0.3) is 5.56 Å². The zero-order valence-electron chi connectivity index (χ0n) is 20.2. The molecule has 1 aromatic heterocycles. The standard InChI is InChI=1S/C22H29FN3O9P/c1-12(2)33-21(29)14(4)25-36(31,35-16-7-5-15(23)6-8-16)32-11-18-17(27)9-19(34-18)26-10-13(3)20(28)24-22(26)30/h5-8,10,12,14,17-19,27H,9,11H2,1-4H3,(H,25,31)(H,24,28,30)/t14-,17+,18+,19+,36?/m0/s1. The molecular formula is C22H29FN3O9P. The first-order chi connectivity index (χ1) is 16.9. The Hall–Kier alpha value is -2.83. The van der Waals surface area contributed by atoms with E-state index in [2.05, 4.69) is 10.1 Å². The highest BCUT2D eigenvalue weighted by molar-refractivity contribution is 7.52. The minimum Gasteiger partial charge on any atom is -0.462 e. The summed E-state index contributed by atoms with van der Waals surface area (Å²) in [4.78, 5) is 38.2. The van der Waals surface area contributed by atoms with Gasteiger partial charge in [-0.15, -0.1) is 0 Å². The number of nitrogens with one attached hydrogen (secondary N) is 2. The molecule has 0 bridgehead atoms. The molecule has 198 valence electrons. The van der Waals surface area contributed by atoms with Gasteiger partial charge >= 0.3 is 19.4 Å². The van der Waals surface area contributed by atoms with Crippen LogP contribution in [0.4, 0.5) is 4.39 Å². The van der Waals surface area contributed by atoms with Gasteiger partial charge in [-0.05, 0) is 52.0 Å². The second-order valence-corrected chi connectivity index (χ2v) is 10.3. The first-order valence-corrected chi connectivity index (χ1v) is 12.7. The van der Waals surface area contributed by atoms with E-state index in [0.29, 0.717) is 0 Å². The summed E-state index contributed by atoms with van der Waals surface area (Å²) in [6, 6.07) is 3.53. The van der Waals surface area contributed by atoms with Crippen molar-refractivity contribution in [3.05, 3.63) is 62.7 Å². The molecule has 1 aliphatic heterocycles. The molecule has 1 unspecified atom stereocenters. The van der Waals surface area contributed by atoms with E-state index in [9.17, 15) is 28.4 Å². The maximum atomic E-state index is 13.5. The van der Waals surface area contributed by atoms with Crippen molar-refractivity contribution in [2.75, 3.05) is 6.61 Å². The van der Waals surface area contributed by atoms with Crippen molar-refractivity contribution in [2.24, 2.45) is 0 Å². The second kappa shape index (κ2) is 11.5. The fourth-order valence-electron chi connectivity index (χ4n) is 3.36. The Kier molecular flexibility index (Phi) is 8.85. The monoisotopic (exact) mass is 529 g/mol. The van der Waals surface area contributed by atoms with Gasteiger partial charge in [0.1, 0.15) is 29.9 Å². The number of halogens is 1.